The Morgan fingerprint density at radius 3 is 2.23 bits per heavy atom. The van der Waals surface area contributed by atoms with Gasteiger partial charge in [-0.2, -0.15) is 0 Å². The maximum atomic E-state index is 5.99. The summed E-state index contributed by atoms with van der Waals surface area (Å²) in [7, 11) is 1.89. The van der Waals surface area contributed by atoms with Crippen molar-refractivity contribution in [2.45, 2.75) is 91.3 Å². The van der Waals surface area contributed by atoms with Gasteiger partial charge in [0.05, 0.1) is 0 Å². The van der Waals surface area contributed by atoms with Gasteiger partial charge in [0.2, 0.25) is 0 Å². The fourth-order valence-electron chi connectivity index (χ4n) is 3.00. The molecule has 0 aliphatic heterocycles. The Hall–Kier alpha value is 0.0569. The van der Waals surface area contributed by atoms with Gasteiger partial charge in [-0.1, -0.05) is 13.8 Å². The second kappa shape index (κ2) is 16.1. The number of hydrogen-bond acceptors (Lipinski definition) is 4. The largest absolute Gasteiger partial charge is 0.419 e. The zero-order chi connectivity index (χ0) is 19.8. The van der Waals surface area contributed by atoms with Gasteiger partial charge in [0.1, 0.15) is 0 Å². The molecule has 26 heavy (non-hydrogen) atoms. The third-order valence-corrected chi connectivity index (χ3v) is 6.64. The first-order chi connectivity index (χ1) is 12.3. The molecule has 0 heterocycles. The number of nitrogens with one attached hydrogen (secondary N) is 1. The molecule has 0 spiro atoms. The van der Waals surface area contributed by atoms with Crippen molar-refractivity contribution < 1.29 is 4.43 Å². The monoisotopic (exact) mass is 387 g/mol. The summed E-state index contributed by atoms with van der Waals surface area (Å²) in [5.41, 5.74) is 0.0530. The smallest absolute Gasteiger partial charge is 0.162 e. The van der Waals surface area contributed by atoms with Crippen molar-refractivity contribution in [3.63, 3.8) is 0 Å². The van der Waals surface area contributed by atoms with E-state index in [0.29, 0.717) is 6.04 Å². The van der Waals surface area contributed by atoms with Crippen LogP contribution in [-0.2, 0) is 4.43 Å². The Morgan fingerprint density at radius 2 is 1.62 bits per heavy atom. The lowest BCUT2D eigenvalue weighted by molar-refractivity contribution is 0.137. The van der Waals surface area contributed by atoms with Crippen LogP contribution in [0.1, 0.15) is 73.6 Å². The molecule has 1 N–H and O–H groups in total. The third-order valence-electron chi connectivity index (χ3n) is 4.78. The standard InChI is InChI=1S/C21H49N3OSi/c1-8-14-23(7)15-11-17-24(16-10-13-22-20(3)9-2)18-12-19-26-25-21(4,5)6/h20,22H,8-19,26H2,1-7H3. The number of nitrogens with zero attached hydrogens (tertiary/aromatic N) is 2. The predicted molar refractivity (Wildman–Crippen MR) is 120 cm³/mol. The van der Waals surface area contributed by atoms with Crippen molar-refractivity contribution in [2.24, 2.45) is 0 Å². The number of rotatable bonds is 17. The van der Waals surface area contributed by atoms with E-state index in [1.807, 2.05) is 0 Å². The van der Waals surface area contributed by atoms with E-state index in [2.05, 4.69) is 63.7 Å². The van der Waals surface area contributed by atoms with Crippen LogP contribution in [0.4, 0.5) is 0 Å². The second-order valence-corrected chi connectivity index (χ2v) is 10.2. The molecule has 0 aliphatic rings. The van der Waals surface area contributed by atoms with Gasteiger partial charge in [0, 0.05) is 11.6 Å². The highest BCUT2D eigenvalue weighted by Crippen LogP contribution is 2.07. The summed E-state index contributed by atoms with van der Waals surface area (Å²) in [6.07, 6.45) is 6.30. The highest BCUT2D eigenvalue weighted by Gasteiger charge is 2.10. The van der Waals surface area contributed by atoms with E-state index in [1.165, 1.54) is 70.9 Å². The van der Waals surface area contributed by atoms with Gasteiger partial charge < -0.3 is 19.5 Å². The fraction of sp³-hybridized carbons (Fsp3) is 1.00. The lowest BCUT2D eigenvalue weighted by Gasteiger charge is -2.25. The van der Waals surface area contributed by atoms with Crippen molar-refractivity contribution in [2.75, 3.05) is 46.3 Å². The molecule has 0 aromatic carbocycles. The Bertz CT molecular complexity index is 310. The van der Waals surface area contributed by atoms with Crippen LogP contribution in [0.3, 0.4) is 0 Å². The first-order valence-corrected chi connectivity index (χ1v) is 12.6. The molecule has 0 aromatic heterocycles. The average molecular weight is 388 g/mol. The molecule has 4 nitrogen and oxygen atoms in total. The SMILES string of the molecule is CCCN(C)CCCN(CCCNC(C)CC)CCC[SiH2]OC(C)(C)C. The number of hydrogen-bond donors (Lipinski definition) is 1. The first-order valence-electron chi connectivity index (χ1n) is 11.1. The highest BCUT2D eigenvalue weighted by atomic mass is 28.2. The maximum absolute atomic E-state index is 5.99. The molecule has 0 aliphatic carbocycles. The predicted octanol–water partition coefficient (Wildman–Crippen LogP) is 3.51. The van der Waals surface area contributed by atoms with E-state index in [1.54, 1.807) is 0 Å². The minimum absolute atomic E-state index is 0.0530. The zero-order valence-electron chi connectivity index (χ0n) is 19.1. The molecule has 0 saturated heterocycles. The van der Waals surface area contributed by atoms with Crippen LogP contribution < -0.4 is 5.32 Å². The van der Waals surface area contributed by atoms with E-state index in [0.717, 1.165) is 6.54 Å². The molecule has 0 radical (unpaired) electrons. The van der Waals surface area contributed by atoms with Crippen LogP contribution >= 0.6 is 0 Å². The molecular weight excluding hydrogens is 338 g/mol. The minimum atomic E-state index is -0.360. The molecule has 158 valence electrons. The molecule has 0 saturated carbocycles. The van der Waals surface area contributed by atoms with Crippen LogP contribution in [0.5, 0.6) is 0 Å². The molecule has 0 amide bonds. The fourth-order valence-corrected chi connectivity index (χ4v) is 4.19. The van der Waals surface area contributed by atoms with E-state index in [9.17, 15) is 0 Å². The quantitative estimate of drug-likeness (QED) is 0.305. The van der Waals surface area contributed by atoms with Crippen LogP contribution in [-0.4, -0.2) is 77.5 Å². The van der Waals surface area contributed by atoms with Crippen molar-refractivity contribution in [1.82, 2.24) is 15.1 Å². The average Bonchev–Trinajstić information content (AvgIpc) is 2.56. The Labute approximate surface area is 167 Å². The molecule has 5 heteroatoms. The first kappa shape index (κ1) is 26.1. The molecule has 1 unspecified atom stereocenters. The Morgan fingerprint density at radius 1 is 0.962 bits per heavy atom. The van der Waals surface area contributed by atoms with Crippen LogP contribution in [0.15, 0.2) is 0 Å². The van der Waals surface area contributed by atoms with Gasteiger partial charge in [-0.05, 0) is 112 Å². The van der Waals surface area contributed by atoms with Gasteiger partial charge in [-0.25, -0.2) is 0 Å². The summed E-state index contributed by atoms with van der Waals surface area (Å²) in [5.74, 6) is 0. The van der Waals surface area contributed by atoms with Gasteiger partial charge >= 0.3 is 0 Å². The molecule has 0 fully saturated rings. The molecule has 0 rings (SSSR count). The molecule has 1 atom stereocenters. The van der Waals surface area contributed by atoms with Gasteiger partial charge in [-0.3, -0.25) is 0 Å². The van der Waals surface area contributed by atoms with Crippen LogP contribution in [0.25, 0.3) is 0 Å². The summed E-state index contributed by atoms with van der Waals surface area (Å²) in [4.78, 5) is 5.15. The summed E-state index contributed by atoms with van der Waals surface area (Å²) in [5, 5.41) is 3.62. The Balaban J connectivity index is 4.06. The van der Waals surface area contributed by atoms with Crippen molar-refractivity contribution >= 4 is 9.76 Å². The Kier molecular flexibility index (Phi) is 16.1. The van der Waals surface area contributed by atoms with E-state index in [-0.39, 0.29) is 15.4 Å². The van der Waals surface area contributed by atoms with E-state index in [4.69, 9.17) is 4.43 Å². The lowest BCUT2D eigenvalue weighted by atomic mass is 10.2. The zero-order valence-corrected chi connectivity index (χ0v) is 20.5. The topological polar surface area (TPSA) is 27.7 Å². The van der Waals surface area contributed by atoms with E-state index < -0.39 is 0 Å². The van der Waals surface area contributed by atoms with Crippen molar-refractivity contribution in [3.05, 3.63) is 0 Å². The van der Waals surface area contributed by atoms with E-state index >= 15 is 0 Å². The van der Waals surface area contributed by atoms with Crippen LogP contribution in [0, 0.1) is 0 Å². The van der Waals surface area contributed by atoms with Gasteiger partial charge in [0.15, 0.2) is 9.76 Å². The minimum Gasteiger partial charge on any atom is -0.419 e. The molecule has 0 aromatic rings. The maximum Gasteiger partial charge on any atom is 0.162 e. The summed E-state index contributed by atoms with van der Waals surface area (Å²) in [6.45, 7) is 20.6. The van der Waals surface area contributed by atoms with Gasteiger partial charge in [0.25, 0.3) is 0 Å². The van der Waals surface area contributed by atoms with Gasteiger partial charge in [-0.15, -0.1) is 0 Å². The summed E-state index contributed by atoms with van der Waals surface area (Å²) >= 11 is 0. The third kappa shape index (κ3) is 17.5. The normalized spacial score (nSPS) is 14.2. The van der Waals surface area contributed by atoms with Crippen molar-refractivity contribution in [1.29, 1.82) is 0 Å². The summed E-state index contributed by atoms with van der Waals surface area (Å²) in [6, 6.07) is 1.95. The lowest BCUT2D eigenvalue weighted by Crippen LogP contribution is -2.33. The van der Waals surface area contributed by atoms with Crippen LogP contribution in [0.2, 0.25) is 6.04 Å². The highest BCUT2D eigenvalue weighted by molar-refractivity contribution is 6.27. The van der Waals surface area contributed by atoms with Crippen molar-refractivity contribution in [3.8, 4) is 0 Å². The molecular formula is C21H49N3OSi. The molecule has 0 bridgehead atoms. The summed E-state index contributed by atoms with van der Waals surface area (Å²) < 4.78 is 5.99. The second-order valence-electron chi connectivity index (χ2n) is 8.78.